The first-order valence-electron chi connectivity index (χ1n) is 10.2. The van der Waals surface area contributed by atoms with Gasteiger partial charge in [0.1, 0.15) is 12.4 Å². The molecule has 32 heavy (non-hydrogen) atoms. The van der Waals surface area contributed by atoms with Gasteiger partial charge in [0.15, 0.2) is 0 Å². The van der Waals surface area contributed by atoms with Crippen molar-refractivity contribution in [3.05, 3.63) is 113 Å². The Morgan fingerprint density at radius 3 is 2.31 bits per heavy atom. The summed E-state index contributed by atoms with van der Waals surface area (Å²) in [6.07, 6.45) is 1.87. The summed E-state index contributed by atoms with van der Waals surface area (Å²) in [5.41, 5.74) is 4.46. The first-order chi connectivity index (χ1) is 15.5. The van der Waals surface area contributed by atoms with Crippen LogP contribution in [0.25, 0.3) is 22.4 Å². The summed E-state index contributed by atoms with van der Waals surface area (Å²) in [6.45, 7) is 2.30. The van der Waals surface area contributed by atoms with Gasteiger partial charge in [-0.1, -0.05) is 72.3 Å². The highest BCUT2D eigenvalue weighted by Gasteiger charge is 2.11. The second-order valence-corrected chi connectivity index (χ2v) is 7.53. The Labute approximate surface area is 186 Å². The Kier molecular flexibility index (Phi) is 6.00. The largest absolute Gasteiger partial charge is 0.488 e. The van der Waals surface area contributed by atoms with Crippen LogP contribution < -0.4 is 4.74 Å². The molecule has 156 valence electrons. The van der Waals surface area contributed by atoms with Crippen LogP contribution in [0.2, 0.25) is 0 Å². The average Bonchev–Trinajstić information content (AvgIpc) is 2.82. The number of nitriles is 1. The number of aromatic carboxylic acids is 1. The normalized spacial score (nSPS) is 11.2. The standard InChI is InChI=1S/C28H21NO3/c1-19-6-10-21(11-7-19)24(17-29)16-26-25-5-3-2-4-22(25)14-15-27(26)32-18-20-8-12-23(13-9-20)28(30)31/h2-16H,18H2,1H3,(H,30,31)/b24-16-. The molecule has 0 saturated carbocycles. The lowest BCUT2D eigenvalue weighted by Gasteiger charge is -2.13. The van der Waals surface area contributed by atoms with E-state index < -0.39 is 5.97 Å². The number of rotatable bonds is 6. The predicted molar refractivity (Wildman–Crippen MR) is 126 cm³/mol. The zero-order chi connectivity index (χ0) is 22.5. The maximum absolute atomic E-state index is 11.1. The molecule has 4 heteroatoms. The number of hydrogen-bond acceptors (Lipinski definition) is 3. The summed E-state index contributed by atoms with van der Waals surface area (Å²) in [5, 5.41) is 21.0. The van der Waals surface area contributed by atoms with E-state index in [0.717, 1.165) is 33.0 Å². The molecule has 4 aromatic carbocycles. The minimum absolute atomic E-state index is 0.236. The number of carboxylic acid groups (broad SMARTS) is 1. The minimum atomic E-state index is -0.959. The lowest BCUT2D eigenvalue weighted by atomic mass is 9.98. The SMILES string of the molecule is Cc1ccc(/C(C#N)=C\c2c(OCc3ccc(C(=O)O)cc3)ccc3ccccc23)cc1. The summed E-state index contributed by atoms with van der Waals surface area (Å²) in [6, 6.07) is 28.7. The first-order valence-corrected chi connectivity index (χ1v) is 10.2. The molecule has 1 N–H and O–H groups in total. The molecule has 0 aliphatic heterocycles. The van der Waals surface area contributed by atoms with Gasteiger partial charge in [-0.05, 0) is 53.1 Å². The van der Waals surface area contributed by atoms with Crippen molar-refractivity contribution in [3.8, 4) is 11.8 Å². The fourth-order valence-corrected chi connectivity index (χ4v) is 3.51. The molecule has 0 aliphatic carbocycles. The fourth-order valence-electron chi connectivity index (χ4n) is 3.51. The average molecular weight is 419 g/mol. The number of carbonyl (C=O) groups is 1. The van der Waals surface area contributed by atoms with Crippen LogP contribution >= 0.6 is 0 Å². The van der Waals surface area contributed by atoms with Gasteiger partial charge in [-0.2, -0.15) is 5.26 Å². The van der Waals surface area contributed by atoms with Crippen LogP contribution in [0, 0.1) is 18.3 Å². The number of aryl methyl sites for hydroxylation is 1. The van der Waals surface area contributed by atoms with Crippen LogP contribution in [0.4, 0.5) is 0 Å². The highest BCUT2D eigenvalue weighted by molar-refractivity contribution is 6.00. The van der Waals surface area contributed by atoms with Crippen molar-refractivity contribution < 1.29 is 14.6 Å². The number of nitrogens with zero attached hydrogens (tertiary/aromatic N) is 1. The molecule has 4 nitrogen and oxygen atoms in total. The minimum Gasteiger partial charge on any atom is -0.488 e. The quantitative estimate of drug-likeness (QED) is 0.286. The molecule has 4 rings (SSSR count). The Hall–Kier alpha value is -4.36. The molecule has 0 radical (unpaired) electrons. The Morgan fingerprint density at radius 2 is 1.62 bits per heavy atom. The fraction of sp³-hybridized carbons (Fsp3) is 0.0714. The van der Waals surface area contributed by atoms with E-state index in [-0.39, 0.29) is 12.2 Å². The Morgan fingerprint density at radius 1 is 0.938 bits per heavy atom. The number of allylic oxidation sites excluding steroid dienone is 1. The van der Waals surface area contributed by atoms with Crippen LogP contribution in [-0.4, -0.2) is 11.1 Å². The van der Waals surface area contributed by atoms with E-state index in [1.165, 1.54) is 0 Å². The molecule has 0 aromatic heterocycles. The van der Waals surface area contributed by atoms with E-state index in [2.05, 4.69) is 6.07 Å². The molecule has 0 unspecified atom stereocenters. The van der Waals surface area contributed by atoms with Gasteiger partial charge >= 0.3 is 5.97 Å². The molecule has 0 saturated heterocycles. The van der Waals surface area contributed by atoms with E-state index in [0.29, 0.717) is 11.3 Å². The van der Waals surface area contributed by atoms with E-state index in [1.807, 2.05) is 73.7 Å². The van der Waals surface area contributed by atoms with Crippen molar-refractivity contribution in [2.24, 2.45) is 0 Å². The van der Waals surface area contributed by atoms with Crippen LogP contribution in [0.1, 0.15) is 32.6 Å². The molecular weight excluding hydrogens is 398 g/mol. The van der Waals surface area contributed by atoms with Gasteiger partial charge in [0.2, 0.25) is 0 Å². The van der Waals surface area contributed by atoms with E-state index in [9.17, 15) is 10.1 Å². The zero-order valence-electron chi connectivity index (χ0n) is 17.6. The smallest absolute Gasteiger partial charge is 0.335 e. The number of fused-ring (bicyclic) bond motifs is 1. The van der Waals surface area contributed by atoms with Crippen molar-refractivity contribution in [1.29, 1.82) is 5.26 Å². The van der Waals surface area contributed by atoms with Crippen molar-refractivity contribution in [2.45, 2.75) is 13.5 Å². The molecular formula is C28H21NO3. The van der Waals surface area contributed by atoms with E-state index in [1.54, 1.807) is 24.3 Å². The van der Waals surface area contributed by atoms with Gasteiger partial charge in [0, 0.05) is 5.56 Å². The number of ether oxygens (including phenoxy) is 1. The molecule has 0 fully saturated rings. The van der Waals surface area contributed by atoms with Crippen molar-refractivity contribution >= 4 is 28.4 Å². The third kappa shape index (κ3) is 4.53. The molecule has 0 spiro atoms. The van der Waals surface area contributed by atoms with Gasteiger partial charge in [0.05, 0.1) is 17.2 Å². The maximum atomic E-state index is 11.1. The number of hydrogen-bond donors (Lipinski definition) is 1. The summed E-state index contributed by atoms with van der Waals surface area (Å²) < 4.78 is 6.13. The second kappa shape index (κ2) is 9.20. The van der Waals surface area contributed by atoms with Gasteiger partial charge in [-0.25, -0.2) is 4.79 Å². The molecule has 0 amide bonds. The molecule has 0 atom stereocenters. The molecule has 0 bridgehead atoms. The van der Waals surface area contributed by atoms with E-state index in [4.69, 9.17) is 9.84 Å². The van der Waals surface area contributed by atoms with Gasteiger partial charge in [0.25, 0.3) is 0 Å². The van der Waals surface area contributed by atoms with Crippen LogP contribution in [-0.2, 0) is 6.61 Å². The summed E-state index contributed by atoms with van der Waals surface area (Å²) in [7, 11) is 0. The number of carboxylic acids is 1. The van der Waals surface area contributed by atoms with Crippen LogP contribution in [0.3, 0.4) is 0 Å². The van der Waals surface area contributed by atoms with Crippen LogP contribution in [0.15, 0.2) is 84.9 Å². The highest BCUT2D eigenvalue weighted by Crippen LogP contribution is 2.32. The summed E-state index contributed by atoms with van der Waals surface area (Å²) in [5.74, 6) is -0.301. The molecule has 0 aliphatic rings. The van der Waals surface area contributed by atoms with Crippen molar-refractivity contribution in [2.75, 3.05) is 0 Å². The zero-order valence-corrected chi connectivity index (χ0v) is 17.6. The van der Waals surface area contributed by atoms with Gasteiger partial charge in [-0.3, -0.25) is 0 Å². The van der Waals surface area contributed by atoms with Gasteiger partial charge in [-0.15, -0.1) is 0 Å². The van der Waals surface area contributed by atoms with Gasteiger partial charge < -0.3 is 9.84 Å². The molecule has 4 aromatic rings. The third-order valence-electron chi connectivity index (χ3n) is 5.30. The second-order valence-electron chi connectivity index (χ2n) is 7.53. The maximum Gasteiger partial charge on any atom is 0.335 e. The first kappa shape index (κ1) is 20.9. The summed E-state index contributed by atoms with van der Waals surface area (Å²) in [4.78, 5) is 11.1. The Balaban J connectivity index is 1.73. The lowest BCUT2D eigenvalue weighted by Crippen LogP contribution is -2.00. The predicted octanol–water partition coefficient (Wildman–Crippen LogP) is 6.49. The van der Waals surface area contributed by atoms with E-state index >= 15 is 0 Å². The lowest BCUT2D eigenvalue weighted by molar-refractivity contribution is 0.0697. The molecule has 0 heterocycles. The van der Waals surface area contributed by atoms with Crippen molar-refractivity contribution in [1.82, 2.24) is 0 Å². The summed E-state index contributed by atoms with van der Waals surface area (Å²) >= 11 is 0. The third-order valence-corrected chi connectivity index (χ3v) is 5.30. The number of benzene rings is 4. The highest BCUT2D eigenvalue weighted by atomic mass is 16.5. The topological polar surface area (TPSA) is 70.3 Å². The Bertz CT molecular complexity index is 1340. The van der Waals surface area contributed by atoms with Crippen LogP contribution in [0.5, 0.6) is 5.75 Å². The van der Waals surface area contributed by atoms with Crippen molar-refractivity contribution in [3.63, 3.8) is 0 Å². The monoisotopic (exact) mass is 419 g/mol.